The summed E-state index contributed by atoms with van der Waals surface area (Å²) in [4.78, 5) is 17.3. The topological polar surface area (TPSA) is 49.6 Å². The van der Waals surface area contributed by atoms with Crippen molar-refractivity contribution in [3.05, 3.63) is 0 Å². The molecule has 21 heavy (non-hydrogen) atoms. The summed E-state index contributed by atoms with van der Waals surface area (Å²) in [5, 5.41) is 0. The molecule has 4 heteroatoms. The molecule has 1 saturated carbocycles. The quantitative estimate of drug-likeness (QED) is 0.864. The third-order valence-corrected chi connectivity index (χ3v) is 5.46. The molecule has 1 atom stereocenters. The minimum Gasteiger partial charge on any atom is -0.338 e. The van der Waals surface area contributed by atoms with Crippen LogP contribution in [0.3, 0.4) is 0 Å². The molecular formula is C17H33N3O. The Morgan fingerprint density at radius 3 is 2.43 bits per heavy atom. The number of likely N-dealkylation sites (N-methyl/N-ethyl adjacent to an activating group) is 1. The number of carbonyl (C=O) groups excluding carboxylic acids is 1. The van der Waals surface area contributed by atoms with E-state index in [0.717, 1.165) is 45.4 Å². The van der Waals surface area contributed by atoms with Gasteiger partial charge in [0, 0.05) is 25.6 Å². The van der Waals surface area contributed by atoms with Crippen LogP contribution in [0, 0.1) is 11.8 Å². The van der Waals surface area contributed by atoms with Crippen molar-refractivity contribution in [3.8, 4) is 0 Å². The van der Waals surface area contributed by atoms with Crippen LogP contribution in [0.4, 0.5) is 0 Å². The van der Waals surface area contributed by atoms with E-state index < -0.39 is 0 Å². The zero-order chi connectivity index (χ0) is 15.2. The standard InChI is InChI=1S/C17H33N3O/c1-3-16-13-19(2)9-4-10-20(16)17(21)11-14-5-7-15(12-18)8-6-14/h14-16H,3-13,18H2,1-2H3. The maximum Gasteiger partial charge on any atom is 0.223 e. The van der Waals surface area contributed by atoms with E-state index >= 15 is 0 Å². The molecule has 0 radical (unpaired) electrons. The van der Waals surface area contributed by atoms with Crippen LogP contribution < -0.4 is 5.73 Å². The summed E-state index contributed by atoms with van der Waals surface area (Å²) in [6.07, 6.45) is 7.76. The second-order valence-corrected chi connectivity index (χ2v) is 7.09. The fourth-order valence-electron chi connectivity index (χ4n) is 3.96. The molecule has 2 N–H and O–H groups in total. The van der Waals surface area contributed by atoms with Gasteiger partial charge in [0.1, 0.15) is 0 Å². The van der Waals surface area contributed by atoms with Gasteiger partial charge in [0.05, 0.1) is 0 Å². The fourth-order valence-corrected chi connectivity index (χ4v) is 3.96. The van der Waals surface area contributed by atoms with E-state index in [1.165, 1.54) is 25.7 Å². The van der Waals surface area contributed by atoms with Crippen LogP contribution in [0.15, 0.2) is 0 Å². The monoisotopic (exact) mass is 295 g/mol. The summed E-state index contributed by atoms with van der Waals surface area (Å²) in [6, 6.07) is 0.408. The minimum atomic E-state index is 0.397. The zero-order valence-corrected chi connectivity index (χ0v) is 13.9. The highest BCUT2D eigenvalue weighted by Crippen LogP contribution is 2.31. The number of amides is 1. The molecule has 1 amide bonds. The first-order chi connectivity index (χ1) is 10.1. The van der Waals surface area contributed by atoms with Gasteiger partial charge in [0.15, 0.2) is 0 Å². The van der Waals surface area contributed by atoms with Gasteiger partial charge in [-0.2, -0.15) is 0 Å². The summed E-state index contributed by atoms with van der Waals surface area (Å²) < 4.78 is 0. The van der Waals surface area contributed by atoms with Crippen molar-refractivity contribution in [2.75, 3.05) is 33.2 Å². The summed E-state index contributed by atoms with van der Waals surface area (Å²) in [6.45, 7) is 6.11. The lowest BCUT2D eigenvalue weighted by Crippen LogP contribution is -2.44. The molecule has 1 aliphatic heterocycles. The number of hydrogen-bond donors (Lipinski definition) is 1. The van der Waals surface area contributed by atoms with Gasteiger partial charge in [-0.1, -0.05) is 6.92 Å². The average molecular weight is 295 g/mol. The summed E-state index contributed by atoms with van der Waals surface area (Å²) in [7, 11) is 2.17. The van der Waals surface area contributed by atoms with Crippen molar-refractivity contribution in [3.63, 3.8) is 0 Å². The van der Waals surface area contributed by atoms with E-state index in [0.29, 0.717) is 23.8 Å². The van der Waals surface area contributed by atoms with Gasteiger partial charge in [-0.3, -0.25) is 4.79 Å². The third kappa shape index (κ3) is 4.68. The number of nitrogens with two attached hydrogens (primary N) is 1. The molecule has 1 unspecified atom stereocenters. The Labute approximate surface area is 130 Å². The predicted molar refractivity (Wildman–Crippen MR) is 87.0 cm³/mol. The Hall–Kier alpha value is -0.610. The van der Waals surface area contributed by atoms with Crippen molar-refractivity contribution in [2.24, 2.45) is 17.6 Å². The molecule has 0 spiro atoms. The van der Waals surface area contributed by atoms with Crippen LogP contribution in [-0.4, -0.2) is 55.0 Å². The molecule has 122 valence electrons. The van der Waals surface area contributed by atoms with Gasteiger partial charge in [-0.15, -0.1) is 0 Å². The Morgan fingerprint density at radius 1 is 1.14 bits per heavy atom. The largest absolute Gasteiger partial charge is 0.338 e. The highest BCUT2D eigenvalue weighted by molar-refractivity contribution is 5.76. The Kier molecular flexibility index (Phi) is 6.49. The third-order valence-electron chi connectivity index (χ3n) is 5.46. The second-order valence-electron chi connectivity index (χ2n) is 7.09. The van der Waals surface area contributed by atoms with Gasteiger partial charge in [-0.25, -0.2) is 0 Å². The Bertz CT molecular complexity index is 326. The highest BCUT2D eigenvalue weighted by atomic mass is 16.2. The molecule has 0 bridgehead atoms. The van der Waals surface area contributed by atoms with Crippen molar-refractivity contribution in [1.82, 2.24) is 9.80 Å². The van der Waals surface area contributed by atoms with Crippen LogP contribution in [0.25, 0.3) is 0 Å². The van der Waals surface area contributed by atoms with Gasteiger partial charge in [0.25, 0.3) is 0 Å². The fraction of sp³-hybridized carbons (Fsp3) is 0.941. The number of nitrogens with zero attached hydrogens (tertiary/aromatic N) is 2. The Balaban J connectivity index is 1.86. The predicted octanol–water partition coefficient (Wildman–Crippen LogP) is 2.08. The lowest BCUT2D eigenvalue weighted by molar-refractivity contribution is -0.134. The van der Waals surface area contributed by atoms with Crippen molar-refractivity contribution < 1.29 is 4.79 Å². The SMILES string of the molecule is CCC1CN(C)CCCN1C(=O)CC1CCC(CN)CC1. The molecule has 1 saturated heterocycles. The molecule has 1 aliphatic carbocycles. The normalized spacial score (nSPS) is 32.0. The van der Waals surface area contributed by atoms with E-state index in [2.05, 4.69) is 23.8 Å². The summed E-state index contributed by atoms with van der Waals surface area (Å²) in [5.74, 6) is 1.69. The van der Waals surface area contributed by atoms with Crippen LogP contribution in [-0.2, 0) is 4.79 Å². The summed E-state index contributed by atoms with van der Waals surface area (Å²) in [5.41, 5.74) is 5.75. The molecule has 2 aliphatic rings. The van der Waals surface area contributed by atoms with Crippen LogP contribution in [0.1, 0.15) is 51.9 Å². The minimum absolute atomic E-state index is 0.397. The molecule has 4 nitrogen and oxygen atoms in total. The van der Waals surface area contributed by atoms with Crippen molar-refractivity contribution in [1.29, 1.82) is 0 Å². The van der Waals surface area contributed by atoms with E-state index in [-0.39, 0.29) is 0 Å². The number of hydrogen-bond acceptors (Lipinski definition) is 3. The smallest absolute Gasteiger partial charge is 0.223 e. The van der Waals surface area contributed by atoms with Crippen molar-refractivity contribution >= 4 is 5.91 Å². The average Bonchev–Trinajstić information content (AvgIpc) is 2.69. The molecule has 2 fully saturated rings. The molecule has 0 aromatic heterocycles. The van der Waals surface area contributed by atoms with Gasteiger partial charge >= 0.3 is 0 Å². The molecule has 0 aromatic rings. The molecule has 1 heterocycles. The van der Waals surface area contributed by atoms with E-state index in [9.17, 15) is 4.79 Å². The zero-order valence-electron chi connectivity index (χ0n) is 13.9. The van der Waals surface area contributed by atoms with Gasteiger partial charge in [-0.05, 0) is 70.5 Å². The maximum atomic E-state index is 12.7. The van der Waals surface area contributed by atoms with Crippen molar-refractivity contribution in [2.45, 2.75) is 57.9 Å². The second kappa shape index (κ2) is 8.14. The lowest BCUT2D eigenvalue weighted by Gasteiger charge is -2.33. The highest BCUT2D eigenvalue weighted by Gasteiger charge is 2.29. The van der Waals surface area contributed by atoms with E-state index in [1.807, 2.05) is 0 Å². The first-order valence-corrected chi connectivity index (χ1v) is 8.82. The lowest BCUT2D eigenvalue weighted by atomic mass is 9.80. The molecule has 0 aromatic carbocycles. The first-order valence-electron chi connectivity index (χ1n) is 8.82. The van der Waals surface area contributed by atoms with E-state index in [4.69, 9.17) is 5.73 Å². The summed E-state index contributed by atoms with van der Waals surface area (Å²) >= 11 is 0. The Morgan fingerprint density at radius 2 is 1.81 bits per heavy atom. The maximum absolute atomic E-state index is 12.7. The van der Waals surface area contributed by atoms with Gasteiger partial charge in [0.2, 0.25) is 5.91 Å². The van der Waals surface area contributed by atoms with Gasteiger partial charge < -0.3 is 15.5 Å². The van der Waals surface area contributed by atoms with Crippen LogP contribution in [0.2, 0.25) is 0 Å². The first kappa shape index (κ1) is 16.8. The molecular weight excluding hydrogens is 262 g/mol. The number of rotatable bonds is 4. The van der Waals surface area contributed by atoms with Crippen LogP contribution in [0.5, 0.6) is 0 Å². The van der Waals surface area contributed by atoms with E-state index in [1.54, 1.807) is 0 Å². The number of carbonyl (C=O) groups is 1. The van der Waals surface area contributed by atoms with Crippen LogP contribution >= 0.6 is 0 Å². The molecule has 2 rings (SSSR count).